The van der Waals surface area contributed by atoms with Crippen molar-refractivity contribution < 1.29 is 4.79 Å². The molecule has 0 aromatic heterocycles. The molecule has 0 radical (unpaired) electrons. The Balaban J connectivity index is 1.97. The highest BCUT2D eigenvalue weighted by Crippen LogP contribution is 2.40. The number of allylic oxidation sites excluding steroid dienone is 1. The Labute approximate surface area is 118 Å². The third kappa shape index (κ3) is 2.16. The molecule has 1 nitrogen and oxygen atoms in total. The third-order valence-electron chi connectivity index (χ3n) is 2.74. The summed E-state index contributed by atoms with van der Waals surface area (Å²) in [6.07, 6.45) is 1.94. The molecule has 3 rings (SSSR count). The Kier molecular flexibility index (Phi) is 3.10. The summed E-state index contributed by atoms with van der Waals surface area (Å²) in [5.74, 6) is 0.124. The first-order valence-corrected chi connectivity index (χ1v) is 7.14. The number of benzene rings is 2. The van der Waals surface area contributed by atoms with Crippen LogP contribution in [0.25, 0.3) is 6.08 Å². The van der Waals surface area contributed by atoms with Gasteiger partial charge < -0.3 is 0 Å². The van der Waals surface area contributed by atoms with Crippen LogP contribution in [0.4, 0.5) is 0 Å². The van der Waals surface area contributed by atoms with E-state index in [-0.39, 0.29) is 5.78 Å². The number of carbonyl (C=O) groups is 1. The lowest BCUT2D eigenvalue weighted by Crippen LogP contribution is -1.93. The minimum Gasteiger partial charge on any atom is -0.288 e. The van der Waals surface area contributed by atoms with Gasteiger partial charge in [0, 0.05) is 14.9 Å². The van der Waals surface area contributed by atoms with E-state index in [1.165, 1.54) is 0 Å². The monoisotopic (exact) mass is 316 g/mol. The van der Waals surface area contributed by atoms with Crippen molar-refractivity contribution in [1.29, 1.82) is 0 Å². The van der Waals surface area contributed by atoms with Gasteiger partial charge in [-0.2, -0.15) is 0 Å². The van der Waals surface area contributed by atoms with E-state index in [0.717, 1.165) is 25.4 Å². The molecule has 88 valence electrons. The molecule has 0 spiro atoms. The smallest absolute Gasteiger partial charge is 0.200 e. The number of hydrogen-bond donors (Lipinski definition) is 0. The molecule has 0 saturated carbocycles. The molecule has 0 amide bonds. The van der Waals surface area contributed by atoms with Crippen LogP contribution in [0.15, 0.2) is 62.8 Å². The van der Waals surface area contributed by atoms with Gasteiger partial charge in [0.1, 0.15) is 0 Å². The van der Waals surface area contributed by atoms with Crippen LogP contribution < -0.4 is 0 Å². The van der Waals surface area contributed by atoms with Gasteiger partial charge in [-0.25, -0.2) is 0 Å². The standard InChI is InChI=1S/C15H9BrOS/c16-11-7-5-10(6-8-11)9-14-15(17)12-3-1-2-4-13(12)18-14/h1-9H. The second-order valence-electron chi connectivity index (χ2n) is 3.99. The fourth-order valence-corrected chi connectivity index (χ4v) is 3.16. The van der Waals surface area contributed by atoms with E-state index in [1.807, 2.05) is 54.6 Å². The molecule has 0 atom stereocenters. The molecule has 1 heterocycles. The number of Topliss-reactive ketones (excluding diaryl/α,β-unsaturated/α-hetero) is 1. The van der Waals surface area contributed by atoms with Crippen molar-refractivity contribution in [3.8, 4) is 0 Å². The largest absolute Gasteiger partial charge is 0.288 e. The minimum atomic E-state index is 0.124. The summed E-state index contributed by atoms with van der Waals surface area (Å²) in [5.41, 5.74) is 1.85. The van der Waals surface area contributed by atoms with Gasteiger partial charge in [-0.1, -0.05) is 52.0 Å². The Morgan fingerprint density at radius 2 is 1.72 bits per heavy atom. The van der Waals surface area contributed by atoms with Gasteiger partial charge in [-0.05, 0) is 35.9 Å². The zero-order valence-corrected chi connectivity index (χ0v) is 11.8. The Bertz CT molecular complexity index is 644. The average molecular weight is 317 g/mol. The summed E-state index contributed by atoms with van der Waals surface area (Å²) >= 11 is 4.94. The van der Waals surface area contributed by atoms with Crippen LogP contribution in [0.2, 0.25) is 0 Å². The van der Waals surface area contributed by atoms with E-state index < -0.39 is 0 Å². The molecule has 2 aromatic carbocycles. The van der Waals surface area contributed by atoms with Crippen molar-refractivity contribution in [2.45, 2.75) is 4.90 Å². The summed E-state index contributed by atoms with van der Waals surface area (Å²) in [6.45, 7) is 0. The van der Waals surface area contributed by atoms with E-state index in [9.17, 15) is 4.79 Å². The van der Waals surface area contributed by atoms with Crippen molar-refractivity contribution in [2.75, 3.05) is 0 Å². The minimum absolute atomic E-state index is 0.124. The molecule has 0 bridgehead atoms. The number of halogens is 1. The fourth-order valence-electron chi connectivity index (χ4n) is 1.85. The first kappa shape index (κ1) is 11.8. The normalized spacial score (nSPS) is 16.1. The highest BCUT2D eigenvalue weighted by Gasteiger charge is 2.24. The first-order valence-electron chi connectivity index (χ1n) is 5.53. The van der Waals surface area contributed by atoms with Gasteiger partial charge in [-0.3, -0.25) is 4.79 Å². The molecule has 0 saturated heterocycles. The van der Waals surface area contributed by atoms with Crippen LogP contribution in [0, 0.1) is 0 Å². The molecular weight excluding hydrogens is 308 g/mol. The number of fused-ring (bicyclic) bond motifs is 1. The van der Waals surface area contributed by atoms with Crippen molar-refractivity contribution in [1.82, 2.24) is 0 Å². The molecular formula is C15H9BrOS. The van der Waals surface area contributed by atoms with Gasteiger partial charge in [0.15, 0.2) is 0 Å². The molecule has 0 fully saturated rings. The fraction of sp³-hybridized carbons (Fsp3) is 0. The van der Waals surface area contributed by atoms with Gasteiger partial charge in [-0.15, -0.1) is 0 Å². The molecule has 1 aliphatic rings. The zero-order chi connectivity index (χ0) is 12.5. The Morgan fingerprint density at radius 1 is 1.00 bits per heavy atom. The van der Waals surface area contributed by atoms with Crippen LogP contribution in [-0.2, 0) is 0 Å². The highest BCUT2D eigenvalue weighted by molar-refractivity contribution is 9.10. The zero-order valence-electron chi connectivity index (χ0n) is 9.39. The van der Waals surface area contributed by atoms with Crippen LogP contribution in [-0.4, -0.2) is 5.78 Å². The lowest BCUT2D eigenvalue weighted by atomic mass is 10.1. The Morgan fingerprint density at radius 3 is 2.44 bits per heavy atom. The summed E-state index contributed by atoms with van der Waals surface area (Å²) in [4.78, 5) is 14.0. The van der Waals surface area contributed by atoms with E-state index >= 15 is 0 Å². The van der Waals surface area contributed by atoms with Crippen LogP contribution in [0.3, 0.4) is 0 Å². The van der Waals surface area contributed by atoms with Gasteiger partial charge in [0.05, 0.1) is 4.91 Å². The maximum absolute atomic E-state index is 12.2. The van der Waals surface area contributed by atoms with E-state index in [1.54, 1.807) is 11.8 Å². The number of ketones is 1. The van der Waals surface area contributed by atoms with Crippen LogP contribution >= 0.6 is 27.7 Å². The van der Waals surface area contributed by atoms with Crippen LogP contribution in [0.5, 0.6) is 0 Å². The van der Waals surface area contributed by atoms with Crippen molar-refractivity contribution in [3.63, 3.8) is 0 Å². The highest BCUT2D eigenvalue weighted by atomic mass is 79.9. The third-order valence-corrected chi connectivity index (χ3v) is 4.37. The first-order chi connectivity index (χ1) is 8.74. The van der Waals surface area contributed by atoms with Crippen molar-refractivity contribution >= 4 is 39.6 Å². The quantitative estimate of drug-likeness (QED) is 0.704. The lowest BCUT2D eigenvalue weighted by molar-refractivity contribution is 0.104. The summed E-state index contributed by atoms with van der Waals surface area (Å²) in [5, 5.41) is 0. The summed E-state index contributed by atoms with van der Waals surface area (Å²) in [6, 6.07) is 15.7. The molecule has 3 heteroatoms. The predicted molar refractivity (Wildman–Crippen MR) is 78.7 cm³/mol. The second kappa shape index (κ2) is 4.75. The molecule has 18 heavy (non-hydrogen) atoms. The summed E-state index contributed by atoms with van der Waals surface area (Å²) < 4.78 is 1.04. The van der Waals surface area contributed by atoms with Crippen molar-refractivity contribution in [2.24, 2.45) is 0 Å². The van der Waals surface area contributed by atoms with E-state index in [4.69, 9.17) is 0 Å². The molecule has 2 aromatic rings. The molecule has 0 aliphatic carbocycles. The number of hydrogen-bond acceptors (Lipinski definition) is 2. The van der Waals surface area contributed by atoms with Gasteiger partial charge in [0.25, 0.3) is 0 Å². The number of rotatable bonds is 1. The second-order valence-corrected chi connectivity index (χ2v) is 5.99. The number of thioether (sulfide) groups is 1. The maximum Gasteiger partial charge on any atom is 0.200 e. The molecule has 0 N–H and O–H groups in total. The van der Waals surface area contributed by atoms with Gasteiger partial charge >= 0.3 is 0 Å². The molecule has 1 aliphatic heterocycles. The predicted octanol–water partition coefficient (Wildman–Crippen LogP) is 4.78. The SMILES string of the molecule is O=C1C(=Cc2ccc(Br)cc2)Sc2ccccc21. The maximum atomic E-state index is 12.2. The molecule has 0 unspecified atom stereocenters. The summed E-state index contributed by atoms with van der Waals surface area (Å²) in [7, 11) is 0. The van der Waals surface area contributed by atoms with Crippen LogP contribution in [0.1, 0.15) is 15.9 Å². The number of carbonyl (C=O) groups excluding carboxylic acids is 1. The van der Waals surface area contributed by atoms with E-state index in [2.05, 4.69) is 15.9 Å². The topological polar surface area (TPSA) is 17.1 Å². The van der Waals surface area contributed by atoms with Crippen molar-refractivity contribution in [3.05, 3.63) is 69.0 Å². The lowest BCUT2D eigenvalue weighted by Gasteiger charge is -1.96. The van der Waals surface area contributed by atoms with E-state index in [0.29, 0.717) is 0 Å². The average Bonchev–Trinajstić information content (AvgIpc) is 2.70. The Hall–Kier alpha value is -1.32. The van der Waals surface area contributed by atoms with Gasteiger partial charge in [0.2, 0.25) is 5.78 Å².